The number of hydrogen-bond donors (Lipinski definition) is 2. The maximum absolute atomic E-state index is 12.7. The van der Waals surface area contributed by atoms with E-state index in [2.05, 4.69) is 15.5 Å². The summed E-state index contributed by atoms with van der Waals surface area (Å²) in [4.78, 5) is 29.7. The van der Waals surface area contributed by atoms with Crippen LogP contribution in [0.3, 0.4) is 0 Å². The first kappa shape index (κ1) is 17.5. The van der Waals surface area contributed by atoms with E-state index in [1.807, 2.05) is 24.3 Å². The van der Waals surface area contributed by atoms with Crippen LogP contribution in [0.2, 0.25) is 10.2 Å². The standard InChI is InChI=1S/C18H13Cl2N5O2/c19-12-7-8-13(20)22-15(12)18(27)24-25-16-10-4-2-1-3-9(10)5-6-11(16)14(23-25)17(21)26/h1-4,7-8H,5-6H2,(H2,21,26)(H,24,27). The zero-order chi connectivity index (χ0) is 19.1. The Morgan fingerprint density at radius 3 is 2.63 bits per heavy atom. The molecule has 7 nitrogen and oxygen atoms in total. The van der Waals surface area contributed by atoms with Crippen molar-refractivity contribution in [2.75, 3.05) is 5.43 Å². The second kappa shape index (κ2) is 6.68. The first-order chi connectivity index (χ1) is 13.0. The van der Waals surface area contributed by atoms with Crippen LogP contribution in [-0.2, 0) is 12.8 Å². The van der Waals surface area contributed by atoms with Gasteiger partial charge in [-0.15, -0.1) is 5.10 Å². The molecule has 0 radical (unpaired) electrons. The van der Waals surface area contributed by atoms with Crippen molar-refractivity contribution in [2.24, 2.45) is 5.73 Å². The normalized spacial score (nSPS) is 12.2. The third kappa shape index (κ3) is 3.05. The Balaban J connectivity index is 1.82. The number of amides is 2. The Bertz CT molecular complexity index is 1090. The number of aryl methyl sites for hydroxylation is 1. The number of carbonyl (C=O) groups excluding carboxylic acids is 2. The fourth-order valence-electron chi connectivity index (χ4n) is 3.20. The molecule has 0 fully saturated rings. The zero-order valence-corrected chi connectivity index (χ0v) is 15.4. The number of aromatic nitrogens is 3. The zero-order valence-electron chi connectivity index (χ0n) is 13.9. The summed E-state index contributed by atoms with van der Waals surface area (Å²) in [6.07, 6.45) is 1.35. The van der Waals surface area contributed by atoms with Gasteiger partial charge in [0.2, 0.25) is 0 Å². The fourth-order valence-corrected chi connectivity index (χ4v) is 3.54. The molecule has 1 aromatic carbocycles. The number of pyridine rings is 1. The van der Waals surface area contributed by atoms with Crippen molar-refractivity contribution in [1.29, 1.82) is 0 Å². The van der Waals surface area contributed by atoms with E-state index in [1.165, 1.54) is 16.9 Å². The molecular weight excluding hydrogens is 389 g/mol. The smallest absolute Gasteiger partial charge is 0.291 e. The Morgan fingerprint density at radius 1 is 1.07 bits per heavy atom. The maximum Gasteiger partial charge on any atom is 0.291 e. The van der Waals surface area contributed by atoms with Crippen LogP contribution < -0.4 is 11.2 Å². The number of rotatable bonds is 3. The van der Waals surface area contributed by atoms with Crippen molar-refractivity contribution in [3.63, 3.8) is 0 Å². The van der Waals surface area contributed by atoms with E-state index in [9.17, 15) is 9.59 Å². The molecule has 0 spiro atoms. The van der Waals surface area contributed by atoms with Gasteiger partial charge in [0.1, 0.15) is 10.8 Å². The minimum Gasteiger partial charge on any atom is -0.364 e. The van der Waals surface area contributed by atoms with E-state index in [4.69, 9.17) is 28.9 Å². The molecular formula is C18H13Cl2N5O2. The summed E-state index contributed by atoms with van der Waals surface area (Å²) in [5, 5.41) is 4.50. The average molecular weight is 402 g/mol. The molecule has 2 heterocycles. The Morgan fingerprint density at radius 2 is 1.85 bits per heavy atom. The summed E-state index contributed by atoms with van der Waals surface area (Å²) < 4.78 is 0. The SMILES string of the molecule is NC(=O)c1nn(NC(=O)c2nc(Cl)ccc2Cl)c2c1CCc1ccccc1-2. The largest absolute Gasteiger partial charge is 0.364 e. The Kier molecular flexibility index (Phi) is 4.33. The number of carbonyl (C=O) groups is 2. The Labute approximate surface area is 164 Å². The van der Waals surface area contributed by atoms with E-state index >= 15 is 0 Å². The summed E-state index contributed by atoms with van der Waals surface area (Å²) in [7, 11) is 0. The first-order valence-corrected chi connectivity index (χ1v) is 8.84. The van der Waals surface area contributed by atoms with Crippen molar-refractivity contribution in [2.45, 2.75) is 12.8 Å². The van der Waals surface area contributed by atoms with Gasteiger partial charge in [-0.2, -0.15) is 4.79 Å². The molecule has 9 heteroatoms. The van der Waals surface area contributed by atoms with Crippen LogP contribution in [0.5, 0.6) is 0 Å². The van der Waals surface area contributed by atoms with Crippen LogP contribution in [-0.4, -0.2) is 26.7 Å². The van der Waals surface area contributed by atoms with Gasteiger partial charge < -0.3 is 5.73 Å². The fraction of sp³-hybridized carbons (Fsp3) is 0.111. The van der Waals surface area contributed by atoms with Gasteiger partial charge in [0, 0.05) is 11.1 Å². The lowest BCUT2D eigenvalue weighted by Gasteiger charge is -2.18. The van der Waals surface area contributed by atoms with Gasteiger partial charge >= 0.3 is 0 Å². The lowest BCUT2D eigenvalue weighted by molar-refractivity contribution is 0.0981. The predicted molar refractivity (Wildman–Crippen MR) is 102 cm³/mol. The maximum atomic E-state index is 12.7. The molecule has 0 aliphatic heterocycles. The summed E-state index contributed by atoms with van der Waals surface area (Å²) in [5.74, 6) is -1.26. The quantitative estimate of drug-likeness (QED) is 0.658. The molecule has 0 saturated heterocycles. The second-order valence-corrected chi connectivity index (χ2v) is 6.81. The molecule has 1 aliphatic rings. The number of hydrogen-bond acceptors (Lipinski definition) is 4. The highest BCUT2D eigenvalue weighted by molar-refractivity contribution is 6.35. The lowest BCUT2D eigenvalue weighted by atomic mass is 9.89. The molecule has 4 rings (SSSR count). The Hall–Kier alpha value is -2.90. The highest BCUT2D eigenvalue weighted by atomic mass is 35.5. The number of nitrogens with one attached hydrogen (secondary N) is 1. The van der Waals surface area contributed by atoms with Crippen LogP contribution in [0.4, 0.5) is 0 Å². The van der Waals surface area contributed by atoms with Gasteiger partial charge in [-0.05, 0) is 30.5 Å². The third-order valence-corrected chi connectivity index (χ3v) is 4.88. The van der Waals surface area contributed by atoms with Gasteiger partial charge in [-0.3, -0.25) is 9.59 Å². The van der Waals surface area contributed by atoms with Gasteiger partial charge in [0.25, 0.3) is 11.8 Å². The number of primary amides is 1. The van der Waals surface area contributed by atoms with Gasteiger partial charge in [0.05, 0.1) is 10.7 Å². The van der Waals surface area contributed by atoms with Crippen LogP contribution >= 0.6 is 23.2 Å². The molecule has 0 bridgehead atoms. The van der Waals surface area contributed by atoms with Crippen molar-refractivity contribution in [3.8, 4) is 11.3 Å². The van der Waals surface area contributed by atoms with Gasteiger partial charge in [0.15, 0.2) is 5.69 Å². The summed E-state index contributed by atoms with van der Waals surface area (Å²) in [5.41, 5.74) is 11.5. The van der Waals surface area contributed by atoms with Gasteiger partial charge in [-0.25, -0.2) is 10.4 Å². The molecule has 3 aromatic rings. The second-order valence-electron chi connectivity index (χ2n) is 6.01. The number of nitrogens with zero attached hydrogens (tertiary/aromatic N) is 3. The van der Waals surface area contributed by atoms with E-state index in [0.29, 0.717) is 17.7 Å². The highest BCUT2D eigenvalue weighted by Crippen LogP contribution is 2.34. The number of benzene rings is 1. The van der Waals surface area contributed by atoms with E-state index in [-0.39, 0.29) is 21.6 Å². The molecule has 3 N–H and O–H groups in total. The van der Waals surface area contributed by atoms with Crippen molar-refractivity contribution in [3.05, 3.63) is 69.1 Å². The lowest BCUT2D eigenvalue weighted by Crippen LogP contribution is -2.27. The van der Waals surface area contributed by atoms with Crippen molar-refractivity contribution < 1.29 is 9.59 Å². The van der Waals surface area contributed by atoms with Crippen molar-refractivity contribution >= 4 is 35.0 Å². The number of nitrogens with two attached hydrogens (primary N) is 1. The van der Waals surface area contributed by atoms with E-state index < -0.39 is 11.8 Å². The van der Waals surface area contributed by atoms with Crippen LogP contribution in [0.25, 0.3) is 11.3 Å². The molecule has 0 unspecified atom stereocenters. The number of halogens is 2. The molecule has 0 atom stereocenters. The topological polar surface area (TPSA) is 103 Å². The molecule has 2 aromatic heterocycles. The molecule has 2 amide bonds. The third-order valence-electron chi connectivity index (χ3n) is 4.37. The minimum absolute atomic E-state index is 0.0434. The summed E-state index contributed by atoms with van der Waals surface area (Å²) in [6.45, 7) is 0. The summed E-state index contributed by atoms with van der Waals surface area (Å²) >= 11 is 11.9. The monoisotopic (exact) mass is 401 g/mol. The highest BCUT2D eigenvalue weighted by Gasteiger charge is 2.28. The summed E-state index contributed by atoms with van der Waals surface area (Å²) in [6, 6.07) is 10.7. The molecule has 136 valence electrons. The molecule has 0 saturated carbocycles. The number of fused-ring (bicyclic) bond motifs is 3. The van der Waals surface area contributed by atoms with E-state index in [0.717, 1.165) is 17.5 Å². The molecule has 1 aliphatic carbocycles. The van der Waals surface area contributed by atoms with Crippen LogP contribution in [0.1, 0.15) is 32.1 Å². The predicted octanol–water partition coefficient (Wildman–Crippen LogP) is 2.83. The van der Waals surface area contributed by atoms with E-state index in [1.54, 1.807) is 0 Å². The van der Waals surface area contributed by atoms with Crippen LogP contribution in [0.15, 0.2) is 36.4 Å². The van der Waals surface area contributed by atoms with Gasteiger partial charge in [-0.1, -0.05) is 47.5 Å². The average Bonchev–Trinajstić information content (AvgIpc) is 3.03. The minimum atomic E-state index is -0.655. The van der Waals surface area contributed by atoms with Crippen molar-refractivity contribution in [1.82, 2.24) is 14.9 Å². The molecule has 27 heavy (non-hydrogen) atoms. The first-order valence-electron chi connectivity index (χ1n) is 8.09. The van der Waals surface area contributed by atoms with Crippen LogP contribution in [0, 0.1) is 0 Å².